The van der Waals surface area contributed by atoms with Crippen LogP contribution in [0.4, 0.5) is 8.78 Å². The first-order valence-corrected chi connectivity index (χ1v) is 7.45. The summed E-state index contributed by atoms with van der Waals surface area (Å²) in [5.74, 6) is -1.63. The van der Waals surface area contributed by atoms with E-state index < -0.39 is 30.8 Å². The Balaban J connectivity index is 2.38. The molecule has 2 N–H and O–H groups in total. The first-order chi connectivity index (χ1) is 10.4. The molecule has 0 spiro atoms. The minimum absolute atomic E-state index is 0.0347. The minimum atomic E-state index is -2.80. The Hall–Kier alpha value is -2.14. The normalized spacial score (nSPS) is 11.7. The summed E-state index contributed by atoms with van der Waals surface area (Å²) in [7, 11) is 0. The fourth-order valence-corrected chi connectivity index (χ4v) is 2.37. The lowest BCUT2D eigenvalue weighted by Crippen LogP contribution is -2.42. The fraction of sp³-hybridized carbons (Fsp3) is 0.357. The van der Waals surface area contributed by atoms with Crippen molar-refractivity contribution in [2.24, 2.45) is 0 Å². The Morgan fingerprint density at radius 1 is 1.32 bits per heavy atom. The van der Waals surface area contributed by atoms with Crippen LogP contribution in [0.2, 0.25) is 0 Å². The predicted octanol–water partition coefficient (Wildman–Crippen LogP) is 2.02. The number of hydrogen-bond acceptors (Lipinski definition) is 4. The van der Waals surface area contributed by atoms with Gasteiger partial charge >= 0.3 is 5.97 Å². The van der Waals surface area contributed by atoms with Crippen LogP contribution >= 0.6 is 11.8 Å². The molecule has 1 unspecified atom stereocenters. The molecule has 0 radical (unpaired) electrons. The van der Waals surface area contributed by atoms with Crippen LogP contribution < -0.4 is 5.32 Å². The molecule has 0 aliphatic rings. The van der Waals surface area contributed by atoms with Gasteiger partial charge in [0.1, 0.15) is 6.04 Å². The Kier molecular flexibility index (Phi) is 7.32. The molecule has 0 aromatic heterocycles. The average molecular weight is 328 g/mol. The van der Waals surface area contributed by atoms with Crippen LogP contribution in [-0.2, 0) is 15.3 Å². The van der Waals surface area contributed by atoms with Gasteiger partial charge in [0.2, 0.25) is 12.3 Å². The number of amides is 1. The van der Waals surface area contributed by atoms with E-state index in [0.29, 0.717) is 11.3 Å². The number of nitrogens with zero attached hydrogens (tertiary/aromatic N) is 1. The number of halogens is 2. The SMILES string of the molecule is N#Cc1ccc(CSCC(=O)NC(CC(F)F)C(=O)O)cc1. The Morgan fingerprint density at radius 3 is 2.45 bits per heavy atom. The monoisotopic (exact) mass is 328 g/mol. The third-order valence-electron chi connectivity index (χ3n) is 2.63. The van der Waals surface area contributed by atoms with Gasteiger partial charge in [-0.2, -0.15) is 5.26 Å². The number of rotatable bonds is 8. The number of nitriles is 1. The molecule has 1 rings (SSSR count). The van der Waals surface area contributed by atoms with Gasteiger partial charge in [-0.1, -0.05) is 12.1 Å². The number of carboxylic acid groups (broad SMARTS) is 1. The number of benzene rings is 1. The highest BCUT2D eigenvalue weighted by molar-refractivity contribution is 7.99. The molecule has 22 heavy (non-hydrogen) atoms. The van der Waals surface area contributed by atoms with Crippen LogP contribution in [0.3, 0.4) is 0 Å². The second-order valence-corrected chi connectivity index (χ2v) is 5.37. The molecule has 8 heteroatoms. The molecule has 1 atom stereocenters. The molecule has 0 saturated heterocycles. The maximum absolute atomic E-state index is 12.2. The van der Waals surface area contributed by atoms with E-state index >= 15 is 0 Å². The second-order valence-electron chi connectivity index (χ2n) is 4.39. The van der Waals surface area contributed by atoms with Crippen molar-refractivity contribution in [3.05, 3.63) is 35.4 Å². The average Bonchev–Trinajstić information content (AvgIpc) is 2.46. The quantitative estimate of drug-likeness (QED) is 0.762. The van der Waals surface area contributed by atoms with E-state index in [0.717, 1.165) is 5.56 Å². The summed E-state index contributed by atoms with van der Waals surface area (Å²) in [6.45, 7) is 0. The van der Waals surface area contributed by atoms with Gasteiger partial charge in [-0.05, 0) is 17.7 Å². The van der Waals surface area contributed by atoms with Crippen molar-refractivity contribution in [3.8, 4) is 6.07 Å². The third kappa shape index (κ3) is 6.54. The predicted molar refractivity (Wildman–Crippen MR) is 77.5 cm³/mol. The summed E-state index contributed by atoms with van der Waals surface area (Å²) in [6, 6.07) is 7.21. The van der Waals surface area contributed by atoms with E-state index in [9.17, 15) is 18.4 Å². The molecule has 0 aliphatic heterocycles. The zero-order chi connectivity index (χ0) is 16.5. The number of carbonyl (C=O) groups excluding carboxylic acids is 1. The highest BCUT2D eigenvalue weighted by atomic mass is 32.2. The van der Waals surface area contributed by atoms with Gasteiger partial charge in [0, 0.05) is 12.2 Å². The van der Waals surface area contributed by atoms with Gasteiger partial charge in [0.15, 0.2) is 0 Å². The molecular formula is C14H14F2N2O3S. The molecule has 0 fully saturated rings. The molecule has 0 bridgehead atoms. The Labute approximate surface area is 130 Å². The maximum atomic E-state index is 12.2. The van der Waals surface area contributed by atoms with E-state index in [-0.39, 0.29) is 5.75 Å². The molecule has 0 heterocycles. The molecule has 1 amide bonds. The number of hydrogen-bond donors (Lipinski definition) is 2. The summed E-state index contributed by atoms with van der Waals surface area (Å²) in [5.41, 5.74) is 1.43. The van der Waals surface area contributed by atoms with E-state index in [1.807, 2.05) is 6.07 Å². The minimum Gasteiger partial charge on any atom is -0.480 e. The lowest BCUT2D eigenvalue weighted by atomic mass is 10.2. The zero-order valence-electron chi connectivity index (χ0n) is 11.5. The lowest BCUT2D eigenvalue weighted by molar-refractivity contribution is -0.142. The van der Waals surface area contributed by atoms with Gasteiger partial charge < -0.3 is 10.4 Å². The summed E-state index contributed by atoms with van der Waals surface area (Å²) in [6.07, 6.45) is -3.71. The summed E-state index contributed by atoms with van der Waals surface area (Å²) in [4.78, 5) is 22.3. The van der Waals surface area contributed by atoms with Crippen LogP contribution in [0.1, 0.15) is 17.5 Å². The topological polar surface area (TPSA) is 90.2 Å². The second kappa shape index (κ2) is 9.00. The van der Waals surface area contributed by atoms with Crippen molar-refractivity contribution in [1.29, 1.82) is 5.26 Å². The van der Waals surface area contributed by atoms with Crippen LogP contribution in [0.25, 0.3) is 0 Å². The van der Waals surface area contributed by atoms with Gasteiger partial charge in [0.05, 0.1) is 17.4 Å². The first-order valence-electron chi connectivity index (χ1n) is 6.29. The summed E-state index contributed by atoms with van der Waals surface area (Å²) in [5, 5.41) is 19.5. The van der Waals surface area contributed by atoms with Crippen molar-refractivity contribution in [2.45, 2.75) is 24.6 Å². The number of carbonyl (C=O) groups is 2. The number of nitrogens with one attached hydrogen (secondary N) is 1. The van der Waals surface area contributed by atoms with Gasteiger partial charge in [0.25, 0.3) is 0 Å². The first kappa shape index (κ1) is 17.9. The standard InChI is InChI=1S/C14H14F2N2O3S/c15-12(16)5-11(14(20)21)18-13(19)8-22-7-10-3-1-9(6-17)2-4-10/h1-4,11-12H,5,7-8H2,(H,18,19)(H,20,21). The molecular weight excluding hydrogens is 314 g/mol. The van der Waals surface area contributed by atoms with Crippen LogP contribution in [0.5, 0.6) is 0 Å². The number of carboxylic acids is 1. The van der Waals surface area contributed by atoms with Gasteiger partial charge in [-0.15, -0.1) is 11.8 Å². The maximum Gasteiger partial charge on any atom is 0.326 e. The molecule has 0 aliphatic carbocycles. The van der Waals surface area contributed by atoms with Crippen LogP contribution in [-0.4, -0.2) is 35.2 Å². The highest BCUT2D eigenvalue weighted by Crippen LogP contribution is 2.13. The molecule has 5 nitrogen and oxygen atoms in total. The smallest absolute Gasteiger partial charge is 0.326 e. The largest absolute Gasteiger partial charge is 0.480 e. The van der Waals surface area contributed by atoms with Crippen molar-refractivity contribution >= 4 is 23.6 Å². The molecule has 0 saturated carbocycles. The molecule has 118 valence electrons. The molecule has 1 aromatic rings. The Morgan fingerprint density at radius 2 is 1.95 bits per heavy atom. The Bertz CT molecular complexity index is 558. The van der Waals surface area contributed by atoms with E-state index in [1.54, 1.807) is 24.3 Å². The van der Waals surface area contributed by atoms with Gasteiger partial charge in [-0.25, -0.2) is 13.6 Å². The van der Waals surface area contributed by atoms with Crippen molar-refractivity contribution in [1.82, 2.24) is 5.32 Å². The van der Waals surface area contributed by atoms with Crippen LogP contribution in [0.15, 0.2) is 24.3 Å². The fourth-order valence-electron chi connectivity index (χ4n) is 1.57. The van der Waals surface area contributed by atoms with E-state index in [2.05, 4.69) is 5.32 Å². The number of aliphatic carboxylic acids is 1. The summed E-state index contributed by atoms with van der Waals surface area (Å²) >= 11 is 1.23. The number of alkyl halides is 2. The van der Waals surface area contributed by atoms with Crippen LogP contribution in [0, 0.1) is 11.3 Å². The van der Waals surface area contributed by atoms with E-state index in [4.69, 9.17) is 10.4 Å². The zero-order valence-corrected chi connectivity index (χ0v) is 12.3. The van der Waals surface area contributed by atoms with Crippen molar-refractivity contribution in [3.63, 3.8) is 0 Å². The highest BCUT2D eigenvalue weighted by Gasteiger charge is 2.23. The van der Waals surface area contributed by atoms with Gasteiger partial charge in [-0.3, -0.25) is 4.79 Å². The van der Waals surface area contributed by atoms with Crippen molar-refractivity contribution in [2.75, 3.05) is 5.75 Å². The summed E-state index contributed by atoms with van der Waals surface area (Å²) < 4.78 is 24.4. The molecule has 1 aromatic carbocycles. The van der Waals surface area contributed by atoms with E-state index in [1.165, 1.54) is 11.8 Å². The third-order valence-corrected chi connectivity index (χ3v) is 3.64. The van der Waals surface area contributed by atoms with Crippen molar-refractivity contribution < 1.29 is 23.5 Å². The number of thioether (sulfide) groups is 1. The lowest BCUT2D eigenvalue weighted by Gasteiger charge is -2.13.